The molecule has 1 N–H and O–H groups in total. The minimum Gasteiger partial charge on any atom is -0.493 e. The van der Waals surface area contributed by atoms with Gasteiger partial charge in [0, 0.05) is 6.07 Å². The topological polar surface area (TPSA) is 64.7 Å². The van der Waals surface area contributed by atoms with Crippen LogP contribution in [0, 0.1) is 0 Å². The van der Waals surface area contributed by atoms with Crippen molar-refractivity contribution in [3.63, 3.8) is 0 Å². The molecule has 0 unspecified atom stereocenters. The van der Waals surface area contributed by atoms with Gasteiger partial charge in [-0.15, -0.1) is 0 Å². The molecule has 0 amide bonds. The van der Waals surface area contributed by atoms with Gasteiger partial charge in [0.05, 0.1) is 24.4 Å². The van der Waals surface area contributed by atoms with E-state index in [-0.39, 0.29) is 13.2 Å². The first-order valence-electron chi connectivity index (χ1n) is 5.24. The van der Waals surface area contributed by atoms with Crippen molar-refractivity contribution in [2.75, 3.05) is 7.11 Å². The zero-order valence-electron chi connectivity index (χ0n) is 9.72. The lowest BCUT2D eigenvalue weighted by atomic mass is 10.2. The van der Waals surface area contributed by atoms with Gasteiger partial charge in [-0.3, -0.25) is 0 Å². The maximum Gasteiger partial charge on any atom is 0.176 e. The number of hydrogen-bond acceptors (Lipinski definition) is 5. The fourth-order valence-corrected chi connectivity index (χ4v) is 2.07. The van der Waals surface area contributed by atoms with Crippen LogP contribution in [0.1, 0.15) is 11.3 Å². The number of halogens is 1. The number of aliphatic hydroxyl groups is 1. The Balaban J connectivity index is 2.20. The van der Waals surface area contributed by atoms with Gasteiger partial charge >= 0.3 is 0 Å². The normalized spacial score (nSPS) is 10.4. The lowest BCUT2D eigenvalue weighted by molar-refractivity contribution is 0.237. The van der Waals surface area contributed by atoms with Crippen LogP contribution >= 0.6 is 15.9 Å². The molecule has 0 saturated heterocycles. The van der Waals surface area contributed by atoms with E-state index in [9.17, 15) is 0 Å². The lowest BCUT2D eigenvalue weighted by Crippen LogP contribution is -1.99. The van der Waals surface area contributed by atoms with Crippen molar-refractivity contribution >= 4 is 15.9 Å². The minimum atomic E-state index is -0.0582. The third kappa shape index (κ3) is 2.83. The molecule has 0 fully saturated rings. The Morgan fingerprint density at radius 2 is 2.28 bits per heavy atom. The highest BCUT2D eigenvalue weighted by Gasteiger charge is 2.12. The van der Waals surface area contributed by atoms with Crippen LogP contribution in [0.5, 0.6) is 11.5 Å². The number of hydrogen-bond donors (Lipinski definition) is 1. The first-order valence-corrected chi connectivity index (χ1v) is 6.03. The molecule has 0 atom stereocenters. The molecule has 0 bridgehead atoms. The summed E-state index contributed by atoms with van der Waals surface area (Å²) in [7, 11) is 1.55. The lowest BCUT2D eigenvalue weighted by Gasteiger charge is -2.12. The molecule has 2 rings (SSSR count). The van der Waals surface area contributed by atoms with Gasteiger partial charge in [0.1, 0.15) is 6.61 Å². The fourth-order valence-electron chi connectivity index (χ4n) is 1.46. The third-order valence-corrected chi connectivity index (χ3v) is 2.91. The van der Waals surface area contributed by atoms with Crippen LogP contribution in [0.4, 0.5) is 0 Å². The van der Waals surface area contributed by atoms with Crippen LogP contribution in [-0.4, -0.2) is 17.4 Å². The van der Waals surface area contributed by atoms with Gasteiger partial charge in [-0.25, -0.2) is 0 Å². The average Bonchev–Trinajstić information content (AvgIpc) is 2.89. The summed E-state index contributed by atoms with van der Waals surface area (Å²) in [6.07, 6.45) is 1.56. The van der Waals surface area contributed by atoms with Crippen LogP contribution in [0.3, 0.4) is 0 Å². The molecule has 0 aliphatic rings. The van der Waals surface area contributed by atoms with Crippen LogP contribution in [0.25, 0.3) is 0 Å². The molecule has 1 aromatic heterocycles. The summed E-state index contributed by atoms with van der Waals surface area (Å²) in [4.78, 5) is 0. The van der Waals surface area contributed by atoms with Crippen molar-refractivity contribution in [1.82, 2.24) is 5.16 Å². The van der Waals surface area contributed by atoms with E-state index in [1.807, 2.05) is 0 Å². The van der Waals surface area contributed by atoms with Gasteiger partial charge in [-0.1, -0.05) is 5.16 Å². The summed E-state index contributed by atoms with van der Waals surface area (Å²) in [6.45, 7) is 0.199. The quantitative estimate of drug-likeness (QED) is 0.919. The predicted molar refractivity (Wildman–Crippen MR) is 67.5 cm³/mol. The molecule has 0 spiro atoms. The molecule has 0 aliphatic carbocycles. The van der Waals surface area contributed by atoms with Crippen molar-refractivity contribution in [3.05, 3.63) is 40.2 Å². The van der Waals surface area contributed by atoms with Crippen LogP contribution in [-0.2, 0) is 13.2 Å². The Kier molecular flexibility index (Phi) is 4.22. The van der Waals surface area contributed by atoms with E-state index in [4.69, 9.17) is 19.1 Å². The van der Waals surface area contributed by atoms with Crippen molar-refractivity contribution in [2.24, 2.45) is 0 Å². The molecule has 0 radical (unpaired) electrons. The molecule has 1 heterocycles. The first-order chi connectivity index (χ1) is 8.74. The van der Waals surface area contributed by atoms with Crippen molar-refractivity contribution in [3.8, 4) is 11.5 Å². The van der Waals surface area contributed by atoms with Crippen LogP contribution in [0.2, 0.25) is 0 Å². The van der Waals surface area contributed by atoms with E-state index >= 15 is 0 Å². The fraction of sp³-hybridized carbons (Fsp3) is 0.250. The summed E-state index contributed by atoms with van der Waals surface area (Å²) in [6, 6.07) is 5.22. The summed E-state index contributed by atoms with van der Waals surface area (Å²) in [5.74, 6) is 1.73. The first kappa shape index (κ1) is 12.9. The third-order valence-electron chi connectivity index (χ3n) is 2.32. The standard InChI is InChI=1S/C12H12BrNO4/c1-16-11-5-8(6-15)4-10(13)12(11)17-7-9-2-3-14-18-9/h2-5,15H,6-7H2,1H3. The molecule has 18 heavy (non-hydrogen) atoms. The van der Waals surface area contributed by atoms with Crippen LogP contribution < -0.4 is 9.47 Å². The summed E-state index contributed by atoms with van der Waals surface area (Å²) in [5.41, 5.74) is 0.741. The maximum absolute atomic E-state index is 9.11. The number of methoxy groups -OCH3 is 1. The Morgan fingerprint density at radius 3 is 2.89 bits per heavy atom. The van der Waals surface area contributed by atoms with E-state index in [1.54, 1.807) is 31.5 Å². The highest BCUT2D eigenvalue weighted by atomic mass is 79.9. The number of aromatic nitrogens is 1. The molecule has 1 aromatic carbocycles. The summed E-state index contributed by atoms with van der Waals surface area (Å²) in [5, 5.41) is 12.7. The second kappa shape index (κ2) is 5.88. The Bertz CT molecular complexity index is 513. The molecule has 0 aliphatic heterocycles. The Morgan fingerprint density at radius 1 is 1.44 bits per heavy atom. The van der Waals surface area contributed by atoms with Crippen molar-refractivity contribution < 1.29 is 19.1 Å². The van der Waals surface area contributed by atoms with Crippen molar-refractivity contribution in [2.45, 2.75) is 13.2 Å². The monoisotopic (exact) mass is 313 g/mol. The zero-order valence-corrected chi connectivity index (χ0v) is 11.3. The molecular formula is C12H12BrNO4. The van der Waals surface area contributed by atoms with Gasteiger partial charge < -0.3 is 19.1 Å². The van der Waals surface area contributed by atoms with Gasteiger partial charge in [0.2, 0.25) is 0 Å². The summed E-state index contributed by atoms with van der Waals surface area (Å²) < 4.78 is 16.5. The highest BCUT2D eigenvalue weighted by Crippen LogP contribution is 2.37. The minimum absolute atomic E-state index is 0.0582. The molecular weight excluding hydrogens is 302 g/mol. The van der Waals surface area contributed by atoms with E-state index in [1.165, 1.54) is 0 Å². The predicted octanol–water partition coefficient (Wildman–Crippen LogP) is 2.52. The molecule has 0 saturated carbocycles. The SMILES string of the molecule is COc1cc(CO)cc(Br)c1OCc1ccno1. The largest absolute Gasteiger partial charge is 0.493 e. The number of nitrogens with zero attached hydrogens (tertiary/aromatic N) is 1. The molecule has 6 heteroatoms. The van der Waals surface area contributed by atoms with Gasteiger partial charge in [0.15, 0.2) is 17.3 Å². The zero-order chi connectivity index (χ0) is 13.0. The average molecular weight is 314 g/mol. The molecule has 96 valence electrons. The number of rotatable bonds is 5. The Hall–Kier alpha value is -1.53. The second-order valence-electron chi connectivity index (χ2n) is 3.53. The van der Waals surface area contributed by atoms with E-state index < -0.39 is 0 Å². The smallest absolute Gasteiger partial charge is 0.176 e. The van der Waals surface area contributed by atoms with Crippen molar-refractivity contribution in [1.29, 1.82) is 0 Å². The summed E-state index contributed by atoms with van der Waals surface area (Å²) >= 11 is 3.38. The van der Waals surface area contributed by atoms with Gasteiger partial charge in [-0.05, 0) is 33.6 Å². The number of benzene rings is 1. The molecule has 2 aromatic rings. The van der Waals surface area contributed by atoms with Gasteiger partial charge in [-0.2, -0.15) is 0 Å². The maximum atomic E-state index is 9.11. The van der Waals surface area contributed by atoms with Gasteiger partial charge in [0.25, 0.3) is 0 Å². The Labute approximate surface area is 112 Å². The highest BCUT2D eigenvalue weighted by molar-refractivity contribution is 9.10. The van der Waals surface area contributed by atoms with Crippen LogP contribution in [0.15, 0.2) is 33.4 Å². The number of aliphatic hydroxyl groups excluding tert-OH is 1. The number of ether oxygens (including phenoxy) is 2. The van der Waals surface area contributed by atoms with E-state index in [2.05, 4.69) is 21.1 Å². The van der Waals surface area contributed by atoms with E-state index in [0.29, 0.717) is 21.7 Å². The second-order valence-corrected chi connectivity index (χ2v) is 4.39. The molecule has 5 nitrogen and oxygen atoms in total. The van der Waals surface area contributed by atoms with E-state index in [0.717, 1.165) is 5.56 Å².